The van der Waals surface area contributed by atoms with Gasteiger partial charge in [-0.2, -0.15) is 0 Å². The van der Waals surface area contributed by atoms with Crippen LogP contribution in [0.5, 0.6) is 5.75 Å². The van der Waals surface area contributed by atoms with Crippen LogP contribution in [-0.2, 0) is 11.2 Å². The second-order valence-corrected chi connectivity index (χ2v) is 7.32. The number of hydrogen-bond donors (Lipinski definition) is 2. The molecule has 2 aromatic carbocycles. The molecule has 1 heterocycles. The number of carbonyl (C=O) groups is 1. The first kappa shape index (κ1) is 24.0. The molecule has 0 spiro atoms. The third-order valence-electron chi connectivity index (χ3n) is 4.97. The van der Waals surface area contributed by atoms with Crippen molar-refractivity contribution in [3.8, 4) is 5.75 Å². The molecule has 1 atom stereocenters. The maximum absolute atomic E-state index is 11.2. The zero-order chi connectivity index (χ0) is 20.5. The van der Waals surface area contributed by atoms with E-state index in [1.165, 1.54) is 18.9 Å². The number of hydrogen-bond acceptors (Lipinski definition) is 3. The summed E-state index contributed by atoms with van der Waals surface area (Å²) < 4.78 is 5.80. The summed E-state index contributed by atoms with van der Waals surface area (Å²) in [7, 11) is 1.82. The minimum atomic E-state index is -0.0937. The highest BCUT2D eigenvalue weighted by atomic mass is 127. The van der Waals surface area contributed by atoms with Gasteiger partial charge in [0.25, 0.3) is 0 Å². The van der Waals surface area contributed by atoms with Gasteiger partial charge in [0.2, 0.25) is 5.91 Å². The van der Waals surface area contributed by atoms with Gasteiger partial charge in [0.15, 0.2) is 5.96 Å². The number of carbonyl (C=O) groups excluding carboxylic acids is 1. The Kier molecular flexibility index (Phi) is 9.93. The van der Waals surface area contributed by atoms with Gasteiger partial charge in [-0.25, -0.2) is 0 Å². The van der Waals surface area contributed by atoms with Gasteiger partial charge < -0.3 is 20.3 Å². The fourth-order valence-corrected chi connectivity index (χ4v) is 3.67. The topological polar surface area (TPSA) is 66.0 Å². The van der Waals surface area contributed by atoms with Gasteiger partial charge in [-0.1, -0.05) is 36.4 Å². The molecule has 0 saturated carbocycles. The molecule has 1 fully saturated rings. The van der Waals surface area contributed by atoms with Gasteiger partial charge in [0.05, 0.1) is 6.54 Å². The fourth-order valence-electron chi connectivity index (χ4n) is 3.67. The van der Waals surface area contributed by atoms with Gasteiger partial charge in [-0.3, -0.25) is 9.79 Å². The number of amides is 1. The first-order valence-corrected chi connectivity index (χ1v) is 10.1. The zero-order valence-corrected chi connectivity index (χ0v) is 20.0. The molecule has 2 aromatic rings. The van der Waals surface area contributed by atoms with Crippen LogP contribution in [0.2, 0.25) is 0 Å². The summed E-state index contributed by atoms with van der Waals surface area (Å²) in [5.74, 6) is 2.22. The minimum Gasteiger partial charge on any atom is -0.492 e. The van der Waals surface area contributed by atoms with Crippen LogP contribution in [-0.4, -0.2) is 50.1 Å². The molecule has 0 aliphatic carbocycles. The molecule has 162 valence electrons. The fraction of sp³-hybridized carbons (Fsp3) is 0.391. The lowest BCUT2D eigenvalue weighted by Gasteiger charge is -2.22. The number of benzene rings is 2. The molecule has 1 unspecified atom stereocenters. The van der Waals surface area contributed by atoms with E-state index in [-0.39, 0.29) is 29.9 Å². The Labute approximate surface area is 196 Å². The molecule has 1 amide bonds. The van der Waals surface area contributed by atoms with Crippen molar-refractivity contribution >= 4 is 41.5 Å². The summed E-state index contributed by atoms with van der Waals surface area (Å²) in [5.41, 5.74) is 2.14. The molecule has 7 heteroatoms. The highest BCUT2D eigenvalue weighted by Crippen LogP contribution is 2.21. The molecule has 0 aromatic heterocycles. The number of nitrogens with zero attached hydrogens (tertiary/aromatic N) is 2. The van der Waals surface area contributed by atoms with Gasteiger partial charge in [0.1, 0.15) is 12.4 Å². The smallest absolute Gasteiger partial charge is 0.221 e. The lowest BCUT2D eigenvalue weighted by molar-refractivity contribution is -0.114. The van der Waals surface area contributed by atoms with E-state index in [9.17, 15) is 4.79 Å². The summed E-state index contributed by atoms with van der Waals surface area (Å²) in [5, 5.41) is 6.16. The Bertz CT molecular complexity index is 829. The van der Waals surface area contributed by atoms with Crippen LogP contribution in [0.15, 0.2) is 59.6 Å². The second-order valence-electron chi connectivity index (χ2n) is 7.32. The molecule has 0 radical (unpaired) electrons. The van der Waals surface area contributed by atoms with E-state index >= 15 is 0 Å². The summed E-state index contributed by atoms with van der Waals surface area (Å²) in [6.07, 6.45) is 2.30. The normalized spacial score (nSPS) is 16.0. The largest absolute Gasteiger partial charge is 0.492 e. The van der Waals surface area contributed by atoms with E-state index in [0.29, 0.717) is 19.1 Å². The number of anilines is 1. The standard InChI is InChI=1S/C23H30N4O2.HI/c1-18(28)26-21-9-6-10-22(16-21)29-14-12-25-23(24-2)27-13-11-20(17-27)15-19-7-4-3-5-8-19;/h3-10,16,20H,11-15,17H2,1-2H3,(H,24,25)(H,26,28);1H. The quantitative estimate of drug-likeness (QED) is 0.252. The van der Waals surface area contributed by atoms with Crippen molar-refractivity contribution in [1.29, 1.82) is 0 Å². The van der Waals surface area contributed by atoms with Crippen molar-refractivity contribution in [3.63, 3.8) is 0 Å². The molecule has 3 rings (SSSR count). The molecule has 2 N–H and O–H groups in total. The van der Waals surface area contributed by atoms with Crippen molar-refractivity contribution in [2.75, 3.05) is 38.6 Å². The van der Waals surface area contributed by atoms with Crippen LogP contribution in [0.4, 0.5) is 5.69 Å². The first-order valence-electron chi connectivity index (χ1n) is 10.1. The van der Waals surface area contributed by atoms with Crippen LogP contribution in [0.25, 0.3) is 0 Å². The number of aliphatic imine (C=N–C) groups is 1. The summed E-state index contributed by atoms with van der Waals surface area (Å²) >= 11 is 0. The number of nitrogens with one attached hydrogen (secondary N) is 2. The Balaban J connectivity index is 0.00000320. The molecular formula is C23H31IN4O2. The SMILES string of the molecule is CN=C(NCCOc1cccc(NC(C)=O)c1)N1CCC(Cc2ccccc2)C1.I. The summed E-state index contributed by atoms with van der Waals surface area (Å²) in [6, 6.07) is 18.1. The molecule has 1 saturated heterocycles. The average molecular weight is 522 g/mol. The van der Waals surface area contributed by atoms with Crippen LogP contribution in [0.3, 0.4) is 0 Å². The zero-order valence-electron chi connectivity index (χ0n) is 17.6. The molecule has 0 bridgehead atoms. The first-order chi connectivity index (χ1) is 14.1. The van der Waals surface area contributed by atoms with Crippen LogP contribution < -0.4 is 15.4 Å². The number of likely N-dealkylation sites (tertiary alicyclic amines) is 1. The predicted molar refractivity (Wildman–Crippen MR) is 133 cm³/mol. The monoisotopic (exact) mass is 522 g/mol. The lowest BCUT2D eigenvalue weighted by Crippen LogP contribution is -2.41. The number of guanidine groups is 1. The third kappa shape index (κ3) is 7.51. The van der Waals surface area contributed by atoms with Gasteiger partial charge in [0, 0.05) is 38.8 Å². The maximum atomic E-state index is 11.2. The molecule has 1 aliphatic heterocycles. The van der Waals surface area contributed by atoms with Crippen molar-refractivity contribution in [2.45, 2.75) is 19.8 Å². The summed E-state index contributed by atoms with van der Waals surface area (Å²) in [4.78, 5) is 17.9. The van der Waals surface area contributed by atoms with Crippen LogP contribution >= 0.6 is 24.0 Å². The van der Waals surface area contributed by atoms with Gasteiger partial charge in [-0.15, -0.1) is 24.0 Å². The van der Waals surface area contributed by atoms with Crippen molar-refractivity contribution < 1.29 is 9.53 Å². The number of ether oxygens (including phenoxy) is 1. The lowest BCUT2D eigenvalue weighted by atomic mass is 9.99. The average Bonchev–Trinajstić information content (AvgIpc) is 3.17. The van der Waals surface area contributed by atoms with Gasteiger partial charge >= 0.3 is 0 Å². The van der Waals surface area contributed by atoms with Crippen molar-refractivity contribution in [3.05, 3.63) is 60.2 Å². The molecule has 1 aliphatic rings. The van der Waals surface area contributed by atoms with E-state index in [4.69, 9.17) is 4.74 Å². The number of halogens is 1. The Hall–Kier alpha value is -2.29. The van der Waals surface area contributed by atoms with Crippen molar-refractivity contribution in [1.82, 2.24) is 10.2 Å². The van der Waals surface area contributed by atoms with E-state index in [0.717, 1.165) is 36.9 Å². The van der Waals surface area contributed by atoms with E-state index in [1.54, 1.807) is 0 Å². The molecule has 6 nitrogen and oxygen atoms in total. The second kappa shape index (κ2) is 12.4. The summed E-state index contributed by atoms with van der Waals surface area (Å²) in [6.45, 7) is 4.72. The Morgan fingerprint density at radius 3 is 2.73 bits per heavy atom. The van der Waals surface area contributed by atoms with E-state index in [1.807, 2.05) is 31.3 Å². The van der Waals surface area contributed by atoms with E-state index in [2.05, 4.69) is 50.9 Å². The molecule has 30 heavy (non-hydrogen) atoms. The van der Waals surface area contributed by atoms with Crippen LogP contribution in [0.1, 0.15) is 18.9 Å². The Morgan fingerprint density at radius 2 is 2.00 bits per heavy atom. The number of rotatable bonds is 7. The highest BCUT2D eigenvalue weighted by Gasteiger charge is 2.24. The van der Waals surface area contributed by atoms with Crippen LogP contribution in [0, 0.1) is 5.92 Å². The predicted octanol–water partition coefficient (Wildman–Crippen LogP) is 3.78. The highest BCUT2D eigenvalue weighted by molar-refractivity contribution is 14.0. The maximum Gasteiger partial charge on any atom is 0.221 e. The molecular weight excluding hydrogens is 491 g/mol. The van der Waals surface area contributed by atoms with Crippen molar-refractivity contribution in [2.24, 2.45) is 10.9 Å². The third-order valence-corrected chi connectivity index (χ3v) is 4.97. The Morgan fingerprint density at radius 1 is 1.20 bits per heavy atom. The minimum absolute atomic E-state index is 0. The van der Waals surface area contributed by atoms with Gasteiger partial charge in [-0.05, 0) is 36.5 Å². The van der Waals surface area contributed by atoms with E-state index < -0.39 is 0 Å².